The number of imide groups is 2. The molecule has 0 unspecified atom stereocenters. The van der Waals surface area contributed by atoms with Crippen molar-refractivity contribution in [2.45, 2.75) is 0 Å². The predicted molar refractivity (Wildman–Crippen MR) is 129 cm³/mol. The summed E-state index contributed by atoms with van der Waals surface area (Å²) in [6.07, 6.45) is 1.32. The highest BCUT2D eigenvalue weighted by Crippen LogP contribution is 2.30. The Hall–Kier alpha value is -4.99. The Labute approximate surface area is 205 Å². The number of carbonyl (C=O) groups excluding carboxylic acids is 4. The third-order valence-corrected chi connectivity index (χ3v) is 5.12. The fourth-order valence-corrected chi connectivity index (χ4v) is 3.42. The van der Waals surface area contributed by atoms with Crippen molar-refractivity contribution in [3.8, 4) is 11.5 Å². The highest BCUT2D eigenvalue weighted by Gasteiger charge is 2.36. The van der Waals surface area contributed by atoms with Crippen LogP contribution in [0.25, 0.3) is 6.08 Å². The zero-order valence-electron chi connectivity index (χ0n) is 19.0. The predicted octanol–water partition coefficient (Wildman–Crippen LogP) is 3.52. The number of hydrogen-bond acceptors (Lipinski definition) is 6. The van der Waals surface area contributed by atoms with Gasteiger partial charge >= 0.3 is 6.03 Å². The Morgan fingerprint density at radius 3 is 2.44 bits per heavy atom. The molecule has 4 rings (SSSR count). The van der Waals surface area contributed by atoms with Crippen molar-refractivity contribution < 1.29 is 33.0 Å². The number of urea groups is 1. The monoisotopic (exact) mass is 489 g/mol. The van der Waals surface area contributed by atoms with Gasteiger partial charge in [0, 0.05) is 0 Å². The maximum Gasteiger partial charge on any atom is 0.335 e. The molecule has 1 heterocycles. The fraction of sp³-hybridized carbons (Fsp3) is 0.0769. The summed E-state index contributed by atoms with van der Waals surface area (Å²) in [7, 11) is 1.38. The van der Waals surface area contributed by atoms with E-state index in [0.29, 0.717) is 11.3 Å². The Morgan fingerprint density at radius 1 is 1.00 bits per heavy atom. The maximum absolute atomic E-state index is 13.7. The molecule has 10 heteroatoms. The van der Waals surface area contributed by atoms with Gasteiger partial charge in [0.15, 0.2) is 18.1 Å². The summed E-state index contributed by atoms with van der Waals surface area (Å²) >= 11 is 0. The summed E-state index contributed by atoms with van der Waals surface area (Å²) in [6.45, 7) is -0.416. The molecule has 0 aromatic heterocycles. The molecule has 5 amide bonds. The largest absolute Gasteiger partial charge is 0.493 e. The van der Waals surface area contributed by atoms with Crippen molar-refractivity contribution >= 4 is 41.2 Å². The SMILES string of the molecule is COc1cc(C=C2C(=O)NC(=O)N(c3ccccc3)C2=O)ccc1OCC(=O)Nc1ccccc1F. The van der Waals surface area contributed by atoms with Crippen LogP contribution in [0.2, 0.25) is 0 Å². The number of hydrogen-bond donors (Lipinski definition) is 2. The van der Waals surface area contributed by atoms with E-state index in [1.807, 2.05) is 0 Å². The van der Waals surface area contributed by atoms with E-state index in [9.17, 15) is 23.6 Å². The second-order valence-corrected chi connectivity index (χ2v) is 7.52. The molecule has 0 radical (unpaired) electrons. The number of carbonyl (C=O) groups is 4. The van der Waals surface area contributed by atoms with Crippen molar-refractivity contribution in [1.82, 2.24) is 5.32 Å². The van der Waals surface area contributed by atoms with Gasteiger partial charge in [-0.1, -0.05) is 36.4 Å². The lowest BCUT2D eigenvalue weighted by molar-refractivity contribution is -0.122. The lowest BCUT2D eigenvalue weighted by atomic mass is 10.1. The summed E-state index contributed by atoms with van der Waals surface area (Å²) in [5, 5.41) is 4.57. The van der Waals surface area contributed by atoms with Gasteiger partial charge in [0.05, 0.1) is 18.5 Å². The van der Waals surface area contributed by atoms with Gasteiger partial charge in [-0.3, -0.25) is 19.7 Å². The molecular weight excluding hydrogens is 469 g/mol. The molecule has 36 heavy (non-hydrogen) atoms. The molecule has 1 saturated heterocycles. The van der Waals surface area contributed by atoms with Crippen molar-refractivity contribution in [1.29, 1.82) is 0 Å². The van der Waals surface area contributed by atoms with Crippen molar-refractivity contribution in [2.24, 2.45) is 0 Å². The highest BCUT2D eigenvalue weighted by molar-refractivity contribution is 6.39. The summed E-state index contributed by atoms with van der Waals surface area (Å²) in [4.78, 5) is 50.7. The van der Waals surface area contributed by atoms with Crippen LogP contribution in [-0.2, 0) is 14.4 Å². The molecule has 0 aliphatic carbocycles. The molecule has 0 atom stereocenters. The molecule has 3 aromatic carbocycles. The van der Waals surface area contributed by atoms with Crippen LogP contribution >= 0.6 is 0 Å². The number of anilines is 2. The van der Waals surface area contributed by atoms with Crippen LogP contribution in [0.5, 0.6) is 11.5 Å². The molecule has 1 aliphatic heterocycles. The van der Waals surface area contributed by atoms with Crippen LogP contribution in [0, 0.1) is 5.82 Å². The van der Waals surface area contributed by atoms with Gasteiger partial charge in [-0.2, -0.15) is 0 Å². The second kappa shape index (κ2) is 10.5. The van der Waals surface area contributed by atoms with E-state index in [4.69, 9.17) is 9.47 Å². The average molecular weight is 489 g/mol. The van der Waals surface area contributed by atoms with Gasteiger partial charge in [0.1, 0.15) is 11.4 Å². The Balaban J connectivity index is 1.51. The number of nitrogens with one attached hydrogen (secondary N) is 2. The number of amides is 5. The zero-order chi connectivity index (χ0) is 25.7. The number of barbiturate groups is 1. The molecular formula is C26H20FN3O6. The highest BCUT2D eigenvalue weighted by atomic mass is 19.1. The number of benzene rings is 3. The molecule has 1 fully saturated rings. The van der Waals surface area contributed by atoms with Crippen LogP contribution in [0.4, 0.5) is 20.6 Å². The summed E-state index contributed by atoms with van der Waals surface area (Å²) in [6, 6.07) is 17.6. The van der Waals surface area contributed by atoms with E-state index >= 15 is 0 Å². The van der Waals surface area contributed by atoms with E-state index in [0.717, 1.165) is 4.90 Å². The van der Waals surface area contributed by atoms with Crippen LogP contribution in [0.3, 0.4) is 0 Å². The van der Waals surface area contributed by atoms with Gasteiger partial charge < -0.3 is 14.8 Å². The van der Waals surface area contributed by atoms with E-state index in [-0.39, 0.29) is 22.8 Å². The quantitative estimate of drug-likeness (QED) is 0.388. The van der Waals surface area contributed by atoms with Gasteiger partial charge in [0.25, 0.3) is 17.7 Å². The standard InChI is InChI=1S/C26H20FN3O6/c1-35-22-14-16(11-12-21(22)36-15-23(31)28-20-10-6-5-9-19(20)27)13-18-24(32)29-26(34)30(25(18)33)17-7-3-2-4-8-17/h2-14H,15H2,1H3,(H,28,31)(H,29,32,34). The normalized spacial score (nSPS) is 14.4. The second-order valence-electron chi connectivity index (χ2n) is 7.52. The molecule has 0 saturated carbocycles. The van der Waals surface area contributed by atoms with Gasteiger partial charge in [-0.05, 0) is 48.0 Å². The van der Waals surface area contributed by atoms with Crippen LogP contribution in [-0.4, -0.2) is 37.5 Å². The minimum atomic E-state index is -0.844. The van der Waals surface area contributed by atoms with E-state index in [2.05, 4.69) is 10.6 Å². The molecule has 182 valence electrons. The first-order chi connectivity index (χ1) is 17.4. The average Bonchev–Trinajstić information content (AvgIpc) is 2.87. The Morgan fingerprint density at radius 2 is 1.72 bits per heavy atom. The lowest BCUT2D eigenvalue weighted by Crippen LogP contribution is -2.54. The van der Waals surface area contributed by atoms with Crippen molar-refractivity contribution in [3.05, 3.63) is 89.8 Å². The molecule has 2 N–H and O–H groups in total. The number of rotatable bonds is 7. The van der Waals surface area contributed by atoms with Crippen LogP contribution < -0.4 is 25.0 Å². The first kappa shape index (κ1) is 24.1. The van der Waals surface area contributed by atoms with E-state index in [1.165, 1.54) is 43.5 Å². The number of nitrogens with zero attached hydrogens (tertiary/aromatic N) is 1. The smallest absolute Gasteiger partial charge is 0.335 e. The summed E-state index contributed by atoms with van der Waals surface area (Å²) in [5.74, 6) is -2.33. The molecule has 3 aromatic rings. The number of methoxy groups -OCH3 is 1. The minimum Gasteiger partial charge on any atom is -0.493 e. The third-order valence-electron chi connectivity index (χ3n) is 5.12. The molecule has 1 aliphatic rings. The molecule has 0 spiro atoms. The lowest BCUT2D eigenvalue weighted by Gasteiger charge is -2.26. The van der Waals surface area contributed by atoms with Gasteiger partial charge in [-0.15, -0.1) is 0 Å². The fourth-order valence-electron chi connectivity index (χ4n) is 3.42. The van der Waals surface area contributed by atoms with Crippen LogP contribution in [0.15, 0.2) is 78.4 Å². The van der Waals surface area contributed by atoms with Crippen LogP contribution in [0.1, 0.15) is 5.56 Å². The zero-order valence-corrected chi connectivity index (χ0v) is 19.0. The van der Waals surface area contributed by atoms with E-state index in [1.54, 1.807) is 42.5 Å². The number of para-hydroxylation sites is 2. The first-order valence-electron chi connectivity index (χ1n) is 10.7. The number of halogens is 1. The first-order valence-corrected chi connectivity index (χ1v) is 10.7. The topological polar surface area (TPSA) is 114 Å². The molecule has 9 nitrogen and oxygen atoms in total. The van der Waals surface area contributed by atoms with Gasteiger partial charge in [0.2, 0.25) is 0 Å². The van der Waals surface area contributed by atoms with Crippen molar-refractivity contribution in [3.63, 3.8) is 0 Å². The minimum absolute atomic E-state index is 0.0264. The Kier molecular flexibility index (Phi) is 7.05. The summed E-state index contributed by atoms with van der Waals surface area (Å²) < 4.78 is 24.5. The third kappa shape index (κ3) is 5.22. The maximum atomic E-state index is 13.7. The Bertz CT molecular complexity index is 1370. The number of ether oxygens (including phenoxy) is 2. The molecule has 0 bridgehead atoms. The van der Waals surface area contributed by atoms with Crippen molar-refractivity contribution in [2.75, 3.05) is 23.9 Å². The summed E-state index contributed by atoms with van der Waals surface area (Å²) in [5.41, 5.74) is 0.501. The van der Waals surface area contributed by atoms with Gasteiger partial charge in [-0.25, -0.2) is 14.1 Å². The van der Waals surface area contributed by atoms with E-state index < -0.39 is 36.2 Å².